The van der Waals surface area contributed by atoms with Gasteiger partial charge in [-0.05, 0) is 49.3 Å². The zero-order chi connectivity index (χ0) is 23.7. The van der Waals surface area contributed by atoms with Crippen LogP contribution in [-0.4, -0.2) is 26.0 Å². The van der Waals surface area contributed by atoms with E-state index in [1.807, 2.05) is 6.92 Å². The van der Waals surface area contributed by atoms with Gasteiger partial charge in [-0.3, -0.25) is 4.79 Å². The molecule has 1 amide bonds. The van der Waals surface area contributed by atoms with Crippen molar-refractivity contribution in [3.05, 3.63) is 24.3 Å². The minimum absolute atomic E-state index is 0.0959. The van der Waals surface area contributed by atoms with Crippen molar-refractivity contribution in [2.45, 2.75) is 102 Å². The van der Waals surface area contributed by atoms with E-state index < -0.39 is 10.0 Å². The minimum atomic E-state index is -3.49. The van der Waals surface area contributed by atoms with Crippen LogP contribution in [0.1, 0.15) is 97.3 Å². The van der Waals surface area contributed by atoms with Crippen molar-refractivity contribution in [1.82, 2.24) is 10.0 Å². The summed E-state index contributed by atoms with van der Waals surface area (Å²) in [6.45, 7) is 4.55. The van der Waals surface area contributed by atoms with E-state index >= 15 is 0 Å². The number of rotatable bonds is 17. The van der Waals surface area contributed by atoms with Crippen LogP contribution in [0.3, 0.4) is 0 Å². The Morgan fingerprint density at radius 2 is 1.34 bits per heavy atom. The van der Waals surface area contributed by atoms with Gasteiger partial charge in [-0.1, -0.05) is 78.1 Å². The molecule has 6 nitrogen and oxygen atoms in total. The maximum Gasteiger partial charge on any atom is 0.240 e. The fraction of sp³-hybridized carbons (Fsp3) is 0.667. The highest BCUT2D eigenvalue weighted by Crippen LogP contribution is 2.14. The second-order valence-electron chi connectivity index (χ2n) is 8.21. The second-order valence-corrected chi connectivity index (χ2v) is 10.4. The third kappa shape index (κ3) is 13.1. The molecule has 1 rings (SSSR count). The van der Waals surface area contributed by atoms with Crippen LogP contribution in [0.25, 0.3) is 0 Å². The molecular weight excluding hydrogens is 442 g/mol. The van der Waals surface area contributed by atoms with Crippen LogP contribution < -0.4 is 15.4 Å². The summed E-state index contributed by atoms with van der Waals surface area (Å²) in [5.74, 6) is -0.0959. The molecule has 0 unspecified atom stereocenters. The first-order valence-corrected chi connectivity index (χ1v) is 14.0. The largest absolute Gasteiger partial charge is 0.332 e. The maximum atomic E-state index is 12.1. The summed E-state index contributed by atoms with van der Waals surface area (Å²) >= 11 is 5.19. The molecule has 0 saturated carbocycles. The van der Waals surface area contributed by atoms with Crippen molar-refractivity contribution in [1.29, 1.82) is 0 Å². The Balaban J connectivity index is 2.17. The normalized spacial score (nSPS) is 11.3. The van der Waals surface area contributed by atoms with Gasteiger partial charge in [0.2, 0.25) is 15.9 Å². The Morgan fingerprint density at radius 1 is 0.812 bits per heavy atom. The van der Waals surface area contributed by atoms with Gasteiger partial charge in [0.1, 0.15) is 0 Å². The second kappa shape index (κ2) is 17.0. The summed E-state index contributed by atoms with van der Waals surface area (Å²) in [5.41, 5.74) is 0.624. The lowest BCUT2D eigenvalue weighted by molar-refractivity contribution is -0.119. The Hall–Kier alpha value is -1.51. The van der Waals surface area contributed by atoms with E-state index in [2.05, 4.69) is 22.3 Å². The van der Waals surface area contributed by atoms with Crippen LogP contribution in [-0.2, 0) is 14.8 Å². The summed E-state index contributed by atoms with van der Waals surface area (Å²) in [5, 5.41) is 5.83. The molecule has 0 aromatic heterocycles. The van der Waals surface area contributed by atoms with Crippen molar-refractivity contribution in [2.75, 3.05) is 11.9 Å². The van der Waals surface area contributed by atoms with Gasteiger partial charge in [-0.2, -0.15) is 0 Å². The third-order valence-electron chi connectivity index (χ3n) is 5.22. The van der Waals surface area contributed by atoms with Crippen LogP contribution in [0.2, 0.25) is 0 Å². The minimum Gasteiger partial charge on any atom is -0.332 e. The van der Waals surface area contributed by atoms with Crippen LogP contribution >= 0.6 is 12.2 Å². The summed E-state index contributed by atoms with van der Waals surface area (Å²) < 4.78 is 26.7. The molecule has 0 heterocycles. The van der Waals surface area contributed by atoms with Crippen LogP contribution in [0, 0.1) is 0 Å². The molecule has 0 saturated heterocycles. The highest BCUT2D eigenvalue weighted by atomic mass is 32.2. The predicted molar refractivity (Wildman–Crippen MR) is 137 cm³/mol. The molecule has 0 aliphatic rings. The van der Waals surface area contributed by atoms with Gasteiger partial charge in [0.15, 0.2) is 5.11 Å². The molecule has 0 bridgehead atoms. The molecule has 0 fully saturated rings. The number of anilines is 1. The van der Waals surface area contributed by atoms with Crippen LogP contribution in [0.4, 0.5) is 5.69 Å². The SMILES string of the molecule is CCCCCCCCCCCCCC(=O)NC(=S)Nc1ccc(S(=O)(=O)NCCC)cc1. The van der Waals surface area contributed by atoms with Crippen LogP contribution in [0.5, 0.6) is 0 Å². The average molecular weight is 484 g/mol. The maximum absolute atomic E-state index is 12.1. The zero-order valence-corrected chi connectivity index (χ0v) is 21.4. The van der Waals surface area contributed by atoms with E-state index in [1.165, 1.54) is 69.9 Å². The number of sulfonamides is 1. The predicted octanol–water partition coefficient (Wildman–Crippen LogP) is 5.89. The fourth-order valence-electron chi connectivity index (χ4n) is 3.34. The summed E-state index contributed by atoms with van der Waals surface area (Å²) in [4.78, 5) is 12.3. The molecule has 3 N–H and O–H groups in total. The smallest absolute Gasteiger partial charge is 0.240 e. The van der Waals surface area contributed by atoms with Crippen molar-refractivity contribution >= 4 is 38.9 Å². The summed E-state index contributed by atoms with van der Waals surface area (Å²) in [6, 6.07) is 6.28. The Labute approximate surface area is 200 Å². The van der Waals surface area contributed by atoms with Crippen molar-refractivity contribution in [3.63, 3.8) is 0 Å². The molecule has 1 aromatic rings. The van der Waals surface area contributed by atoms with Gasteiger partial charge in [-0.15, -0.1) is 0 Å². The topological polar surface area (TPSA) is 87.3 Å². The molecule has 8 heteroatoms. The number of benzene rings is 1. The number of nitrogens with one attached hydrogen (secondary N) is 3. The number of amides is 1. The molecule has 0 aliphatic heterocycles. The lowest BCUT2D eigenvalue weighted by atomic mass is 10.1. The number of unbranched alkanes of at least 4 members (excludes halogenated alkanes) is 10. The van der Waals surface area contributed by atoms with E-state index in [-0.39, 0.29) is 15.9 Å². The molecule has 182 valence electrons. The van der Waals surface area contributed by atoms with E-state index in [1.54, 1.807) is 12.1 Å². The van der Waals surface area contributed by atoms with Crippen molar-refractivity contribution in [2.24, 2.45) is 0 Å². The van der Waals surface area contributed by atoms with Crippen molar-refractivity contribution in [3.8, 4) is 0 Å². The Kier molecular flexibility index (Phi) is 15.2. The number of carbonyl (C=O) groups excluding carboxylic acids is 1. The van der Waals surface area contributed by atoms with Gasteiger partial charge in [0.25, 0.3) is 0 Å². The first-order chi connectivity index (χ1) is 15.4. The molecule has 0 atom stereocenters. The average Bonchev–Trinajstić information content (AvgIpc) is 2.76. The van der Waals surface area contributed by atoms with Gasteiger partial charge in [0, 0.05) is 18.7 Å². The van der Waals surface area contributed by atoms with Crippen molar-refractivity contribution < 1.29 is 13.2 Å². The number of hydrogen-bond acceptors (Lipinski definition) is 4. The number of carbonyl (C=O) groups is 1. The number of thiocarbonyl (C=S) groups is 1. The Morgan fingerprint density at radius 3 is 1.88 bits per heavy atom. The van der Waals surface area contributed by atoms with E-state index in [9.17, 15) is 13.2 Å². The molecule has 0 aliphatic carbocycles. The van der Waals surface area contributed by atoms with Gasteiger partial charge >= 0.3 is 0 Å². The van der Waals surface area contributed by atoms with E-state index in [0.717, 1.165) is 19.3 Å². The lowest BCUT2D eigenvalue weighted by Gasteiger charge is -2.11. The zero-order valence-electron chi connectivity index (χ0n) is 19.8. The monoisotopic (exact) mass is 483 g/mol. The molecule has 32 heavy (non-hydrogen) atoms. The summed E-state index contributed by atoms with van der Waals surface area (Å²) in [7, 11) is -3.49. The first kappa shape index (κ1) is 28.5. The highest BCUT2D eigenvalue weighted by Gasteiger charge is 2.13. The molecule has 0 spiro atoms. The van der Waals surface area contributed by atoms with Gasteiger partial charge < -0.3 is 10.6 Å². The molecule has 1 aromatic carbocycles. The van der Waals surface area contributed by atoms with Gasteiger partial charge in [0.05, 0.1) is 4.90 Å². The fourth-order valence-corrected chi connectivity index (χ4v) is 4.70. The van der Waals surface area contributed by atoms with Crippen LogP contribution in [0.15, 0.2) is 29.2 Å². The standard InChI is InChI=1S/C24H41N3O3S2/c1-3-5-6-7-8-9-10-11-12-13-14-15-23(28)27-24(31)26-21-16-18-22(19-17-21)32(29,30)25-20-4-2/h16-19,25H,3-15,20H2,1-2H3,(H2,26,27,28,31). The Bertz CT molecular complexity index is 765. The lowest BCUT2D eigenvalue weighted by Crippen LogP contribution is -2.33. The third-order valence-corrected chi connectivity index (χ3v) is 6.91. The highest BCUT2D eigenvalue weighted by molar-refractivity contribution is 7.89. The first-order valence-electron chi connectivity index (χ1n) is 12.1. The number of hydrogen-bond donors (Lipinski definition) is 3. The van der Waals surface area contributed by atoms with E-state index in [0.29, 0.717) is 18.7 Å². The molecule has 0 radical (unpaired) electrons. The van der Waals surface area contributed by atoms with E-state index in [4.69, 9.17) is 12.2 Å². The van der Waals surface area contributed by atoms with Gasteiger partial charge in [-0.25, -0.2) is 13.1 Å². The molecular formula is C24H41N3O3S2. The quantitative estimate of drug-likeness (QED) is 0.190. The summed E-state index contributed by atoms with van der Waals surface area (Å²) in [6.07, 6.45) is 14.9.